The molecular weight excluding hydrogens is 479 g/mol. The quantitative estimate of drug-likeness (QED) is 0.380. The van der Waals surface area contributed by atoms with E-state index in [0.29, 0.717) is 41.0 Å². The summed E-state index contributed by atoms with van der Waals surface area (Å²) in [4.78, 5) is 25.8. The minimum atomic E-state index is -0.478. The first-order chi connectivity index (χ1) is 15.6. The van der Waals surface area contributed by atoms with Gasteiger partial charge in [0, 0.05) is 41.7 Å². The summed E-state index contributed by atoms with van der Waals surface area (Å²) in [7, 11) is 1.33. The van der Waals surface area contributed by atoms with Crippen molar-refractivity contribution >= 4 is 44.0 Å². The number of hydrogen-bond acceptors (Lipinski definition) is 6. The van der Waals surface area contributed by atoms with Crippen molar-refractivity contribution in [1.29, 1.82) is 0 Å². The lowest BCUT2D eigenvalue weighted by atomic mass is 9.88. The third-order valence-electron chi connectivity index (χ3n) is 5.92. The fourth-order valence-corrected chi connectivity index (χ4v) is 4.79. The number of nitrogens with zero attached hydrogens (tertiary/aromatic N) is 4. The zero-order valence-electron chi connectivity index (χ0n) is 17.3. The first kappa shape index (κ1) is 21.0. The van der Waals surface area contributed by atoms with Crippen LogP contribution in [0.2, 0.25) is 0 Å². The van der Waals surface area contributed by atoms with Crippen LogP contribution in [0.15, 0.2) is 47.3 Å². The second-order valence-electron chi connectivity index (χ2n) is 7.74. The molecule has 0 aliphatic carbocycles. The SMILES string of the molecule is COC(=O)c1cnc2c(c1)c1ncc(Br)cc1n2C(c1ncccc1F)C1CCOCC1. The summed E-state index contributed by atoms with van der Waals surface area (Å²) in [6, 6.07) is 6.27. The minimum absolute atomic E-state index is 0.0908. The molecule has 0 N–H and O–H groups in total. The summed E-state index contributed by atoms with van der Waals surface area (Å²) >= 11 is 3.51. The lowest BCUT2D eigenvalue weighted by Gasteiger charge is -2.32. The van der Waals surface area contributed by atoms with Crippen molar-refractivity contribution in [2.45, 2.75) is 18.9 Å². The Morgan fingerprint density at radius 1 is 1.25 bits per heavy atom. The van der Waals surface area contributed by atoms with Crippen molar-refractivity contribution in [1.82, 2.24) is 19.5 Å². The number of carbonyl (C=O) groups excluding carboxylic acids is 1. The van der Waals surface area contributed by atoms with Gasteiger partial charge in [0.25, 0.3) is 0 Å². The number of fused-ring (bicyclic) bond motifs is 3. The Balaban J connectivity index is 1.83. The summed E-state index contributed by atoms with van der Waals surface area (Å²) < 4.78 is 28.3. The van der Waals surface area contributed by atoms with Crippen LogP contribution in [0, 0.1) is 11.7 Å². The molecule has 0 spiro atoms. The molecule has 1 unspecified atom stereocenters. The van der Waals surface area contributed by atoms with E-state index in [1.54, 1.807) is 24.5 Å². The van der Waals surface area contributed by atoms with Crippen LogP contribution in [-0.4, -0.2) is 45.8 Å². The van der Waals surface area contributed by atoms with Gasteiger partial charge >= 0.3 is 5.97 Å². The minimum Gasteiger partial charge on any atom is -0.465 e. The molecule has 1 fully saturated rings. The van der Waals surface area contributed by atoms with E-state index >= 15 is 4.39 Å². The molecule has 1 aliphatic heterocycles. The predicted molar refractivity (Wildman–Crippen MR) is 120 cm³/mol. The van der Waals surface area contributed by atoms with E-state index in [0.717, 1.165) is 22.8 Å². The molecule has 1 saturated heterocycles. The van der Waals surface area contributed by atoms with Gasteiger partial charge in [-0.15, -0.1) is 0 Å². The van der Waals surface area contributed by atoms with E-state index in [-0.39, 0.29) is 11.7 Å². The number of carbonyl (C=O) groups is 1. The van der Waals surface area contributed by atoms with Gasteiger partial charge in [0.2, 0.25) is 0 Å². The normalized spacial score (nSPS) is 15.8. The van der Waals surface area contributed by atoms with Gasteiger partial charge in [-0.05, 0) is 59.0 Å². The second-order valence-corrected chi connectivity index (χ2v) is 8.66. The lowest BCUT2D eigenvalue weighted by Crippen LogP contribution is -2.28. The smallest absolute Gasteiger partial charge is 0.339 e. The maximum atomic E-state index is 15.1. The Hall–Kier alpha value is -2.91. The van der Waals surface area contributed by atoms with Gasteiger partial charge in [0.1, 0.15) is 11.5 Å². The summed E-state index contributed by atoms with van der Waals surface area (Å²) in [6.07, 6.45) is 6.32. The Bertz CT molecular complexity index is 1320. The van der Waals surface area contributed by atoms with Gasteiger partial charge in [-0.1, -0.05) is 0 Å². The van der Waals surface area contributed by atoms with Crippen LogP contribution < -0.4 is 0 Å². The zero-order valence-corrected chi connectivity index (χ0v) is 18.9. The van der Waals surface area contributed by atoms with Crippen molar-refractivity contribution in [2.24, 2.45) is 5.92 Å². The molecule has 4 aromatic rings. The topological polar surface area (TPSA) is 79.1 Å². The number of halogens is 2. The largest absolute Gasteiger partial charge is 0.465 e. The van der Waals surface area contributed by atoms with E-state index in [2.05, 4.69) is 30.9 Å². The van der Waals surface area contributed by atoms with Gasteiger partial charge in [-0.3, -0.25) is 9.97 Å². The molecule has 1 aliphatic rings. The molecule has 164 valence electrons. The van der Waals surface area contributed by atoms with Gasteiger partial charge in [-0.25, -0.2) is 14.2 Å². The molecule has 5 rings (SSSR count). The summed E-state index contributed by atoms with van der Waals surface area (Å²) in [6.45, 7) is 1.21. The Kier molecular flexibility index (Phi) is 5.60. The van der Waals surface area contributed by atoms with Gasteiger partial charge in [0.15, 0.2) is 0 Å². The van der Waals surface area contributed by atoms with Crippen molar-refractivity contribution < 1.29 is 18.7 Å². The van der Waals surface area contributed by atoms with Crippen LogP contribution in [-0.2, 0) is 9.47 Å². The molecule has 1 atom stereocenters. The van der Waals surface area contributed by atoms with Crippen LogP contribution in [0.25, 0.3) is 22.1 Å². The molecule has 32 heavy (non-hydrogen) atoms. The van der Waals surface area contributed by atoms with Crippen molar-refractivity contribution in [3.05, 3.63) is 64.4 Å². The number of aromatic nitrogens is 4. The molecule has 0 aromatic carbocycles. The predicted octanol–water partition coefficient (Wildman–Crippen LogP) is 4.68. The van der Waals surface area contributed by atoms with E-state index in [1.165, 1.54) is 19.4 Å². The van der Waals surface area contributed by atoms with E-state index < -0.39 is 12.0 Å². The number of methoxy groups -OCH3 is 1. The molecular formula is C23H20BrFN4O3. The zero-order chi connectivity index (χ0) is 22.2. The number of esters is 1. The number of pyridine rings is 3. The molecule has 9 heteroatoms. The van der Waals surface area contributed by atoms with Gasteiger partial charge in [-0.2, -0.15) is 0 Å². The van der Waals surface area contributed by atoms with Crippen LogP contribution in [0.1, 0.15) is 34.9 Å². The fraction of sp³-hybridized carbons (Fsp3) is 0.304. The number of rotatable bonds is 4. The van der Waals surface area contributed by atoms with Gasteiger partial charge < -0.3 is 14.0 Å². The highest BCUT2D eigenvalue weighted by atomic mass is 79.9. The number of ether oxygens (including phenoxy) is 2. The highest BCUT2D eigenvalue weighted by molar-refractivity contribution is 9.10. The third kappa shape index (κ3) is 3.55. The van der Waals surface area contributed by atoms with Crippen LogP contribution >= 0.6 is 15.9 Å². The lowest BCUT2D eigenvalue weighted by molar-refractivity contribution is 0.0542. The monoisotopic (exact) mass is 498 g/mol. The molecule has 0 radical (unpaired) electrons. The van der Waals surface area contributed by atoms with Crippen LogP contribution in [0.5, 0.6) is 0 Å². The highest BCUT2D eigenvalue weighted by Crippen LogP contribution is 2.40. The maximum Gasteiger partial charge on any atom is 0.339 e. The van der Waals surface area contributed by atoms with Crippen molar-refractivity contribution in [3.8, 4) is 0 Å². The maximum absolute atomic E-state index is 15.1. The molecule has 5 heterocycles. The Morgan fingerprint density at radius 3 is 2.81 bits per heavy atom. The van der Waals surface area contributed by atoms with Crippen LogP contribution in [0.3, 0.4) is 0 Å². The number of hydrogen-bond donors (Lipinski definition) is 0. The average molecular weight is 499 g/mol. The van der Waals surface area contributed by atoms with Gasteiger partial charge in [0.05, 0.1) is 35.4 Å². The molecule has 0 bridgehead atoms. The second kappa shape index (κ2) is 8.55. The molecule has 4 aromatic heterocycles. The summed E-state index contributed by atoms with van der Waals surface area (Å²) in [5, 5.41) is 0.698. The van der Waals surface area contributed by atoms with Crippen molar-refractivity contribution in [2.75, 3.05) is 20.3 Å². The van der Waals surface area contributed by atoms with E-state index in [1.807, 2.05) is 10.6 Å². The summed E-state index contributed by atoms with van der Waals surface area (Å²) in [5.74, 6) is -0.754. The van der Waals surface area contributed by atoms with Crippen LogP contribution in [0.4, 0.5) is 4.39 Å². The van der Waals surface area contributed by atoms with Crippen molar-refractivity contribution in [3.63, 3.8) is 0 Å². The first-order valence-electron chi connectivity index (χ1n) is 10.3. The molecule has 0 amide bonds. The molecule has 0 saturated carbocycles. The Labute approximate surface area is 191 Å². The van der Waals surface area contributed by atoms with E-state index in [4.69, 9.17) is 9.47 Å². The highest BCUT2D eigenvalue weighted by Gasteiger charge is 2.33. The third-order valence-corrected chi connectivity index (χ3v) is 6.36. The Morgan fingerprint density at radius 2 is 2.06 bits per heavy atom. The first-order valence-corrected chi connectivity index (χ1v) is 11.1. The fourth-order valence-electron chi connectivity index (χ4n) is 4.47. The molecule has 7 nitrogen and oxygen atoms in total. The standard InChI is InChI=1S/C23H20BrFN4O3/c1-31-23(30)14-9-16-19-18(10-15(24)12-27-19)29(22(16)28-11-14)21(13-4-7-32-8-5-13)20-17(25)3-2-6-26-20/h2-3,6,9-13,21H,4-5,7-8H2,1H3. The summed E-state index contributed by atoms with van der Waals surface area (Å²) in [5.41, 5.74) is 2.76. The average Bonchev–Trinajstić information content (AvgIpc) is 3.13. The van der Waals surface area contributed by atoms with E-state index in [9.17, 15) is 4.79 Å².